The SMILES string of the molecule is CCCCCCCCc1cnc(C2CCC(CCCCC)CC2)nc1C. The van der Waals surface area contributed by atoms with Crippen molar-refractivity contribution in [3.63, 3.8) is 0 Å². The predicted octanol–water partition coefficient (Wildman–Crippen LogP) is 7.54. The first-order valence-electron chi connectivity index (χ1n) is 11.6. The lowest BCUT2D eigenvalue weighted by Crippen LogP contribution is -2.16. The summed E-state index contributed by atoms with van der Waals surface area (Å²) in [7, 11) is 0. The Morgan fingerprint density at radius 2 is 1.50 bits per heavy atom. The molecule has 0 unspecified atom stereocenters. The van der Waals surface area contributed by atoms with Crippen molar-refractivity contribution in [3.05, 3.63) is 23.3 Å². The van der Waals surface area contributed by atoms with Gasteiger partial charge in [-0.15, -0.1) is 0 Å². The van der Waals surface area contributed by atoms with Crippen LogP contribution in [0.15, 0.2) is 6.20 Å². The lowest BCUT2D eigenvalue weighted by Gasteiger charge is -2.28. The van der Waals surface area contributed by atoms with E-state index in [-0.39, 0.29) is 0 Å². The van der Waals surface area contributed by atoms with Crippen LogP contribution in [0.3, 0.4) is 0 Å². The van der Waals surface area contributed by atoms with Crippen molar-refractivity contribution in [2.75, 3.05) is 0 Å². The number of nitrogens with zero attached hydrogens (tertiary/aromatic N) is 2. The average molecular weight is 359 g/mol. The first-order chi connectivity index (χ1) is 12.7. The minimum atomic E-state index is 0.610. The Hall–Kier alpha value is -0.920. The molecule has 1 aliphatic carbocycles. The van der Waals surface area contributed by atoms with Crippen LogP contribution < -0.4 is 0 Å². The second kappa shape index (κ2) is 12.5. The molecule has 0 N–H and O–H groups in total. The highest BCUT2D eigenvalue weighted by Crippen LogP contribution is 2.36. The Bertz CT molecular complexity index is 489. The van der Waals surface area contributed by atoms with Crippen molar-refractivity contribution < 1.29 is 0 Å². The molecule has 2 rings (SSSR count). The molecule has 0 atom stereocenters. The lowest BCUT2D eigenvalue weighted by molar-refractivity contribution is 0.297. The van der Waals surface area contributed by atoms with E-state index in [4.69, 9.17) is 9.97 Å². The van der Waals surface area contributed by atoms with Crippen LogP contribution in [0.25, 0.3) is 0 Å². The molecule has 1 saturated carbocycles. The Morgan fingerprint density at radius 1 is 0.846 bits per heavy atom. The summed E-state index contributed by atoms with van der Waals surface area (Å²) in [5.41, 5.74) is 2.60. The fraction of sp³-hybridized carbons (Fsp3) is 0.833. The summed E-state index contributed by atoms with van der Waals surface area (Å²) < 4.78 is 0. The van der Waals surface area contributed by atoms with Gasteiger partial charge in [0.05, 0.1) is 0 Å². The summed E-state index contributed by atoms with van der Waals surface area (Å²) in [6.07, 6.45) is 22.4. The topological polar surface area (TPSA) is 25.8 Å². The van der Waals surface area contributed by atoms with Gasteiger partial charge in [0.25, 0.3) is 0 Å². The minimum absolute atomic E-state index is 0.610. The summed E-state index contributed by atoms with van der Waals surface area (Å²) in [4.78, 5) is 9.70. The van der Waals surface area contributed by atoms with E-state index in [2.05, 4.69) is 27.0 Å². The lowest BCUT2D eigenvalue weighted by atomic mass is 9.79. The fourth-order valence-corrected chi connectivity index (χ4v) is 4.44. The zero-order valence-corrected chi connectivity index (χ0v) is 17.7. The van der Waals surface area contributed by atoms with E-state index in [1.807, 2.05) is 0 Å². The monoisotopic (exact) mass is 358 g/mol. The van der Waals surface area contributed by atoms with Gasteiger partial charge < -0.3 is 0 Å². The van der Waals surface area contributed by atoms with Gasteiger partial charge in [-0.2, -0.15) is 0 Å². The zero-order chi connectivity index (χ0) is 18.6. The molecular formula is C24H42N2. The molecule has 0 aliphatic heterocycles. The minimum Gasteiger partial charge on any atom is -0.241 e. The molecule has 148 valence electrons. The third-order valence-corrected chi connectivity index (χ3v) is 6.33. The molecule has 26 heavy (non-hydrogen) atoms. The van der Waals surface area contributed by atoms with E-state index in [0.29, 0.717) is 5.92 Å². The van der Waals surface area contributed by atoms with Gasteiger partial charge in [-0.1, -0.05) is 71.6 Å². The molecular weight excluding hydrogens is 316 g/mol. The van der Waals surface area contributed by atoms with E-state index in [9.17, 15) is 0 Å². The van der Waals surface area contributed by atoms with Crippen LogP contribution in [0.5, 0.6) is 0 Å². The number of aromatic nitrogens is 2. The highest BCUT2D eigenvalue weighted by Gasteiger charge is 2.24. The van der Waals surface area contributed by atoms with E-state index in [1.165, 1.54) is 101 Å². The summed E-state index contributed by atoms with van der Waals surface area (Å²) in [6, 6.07) is 0. The van der Waals surface area contributed by atoms with E-state index >= 15 is 0 Å². The largest absolute Gasteiger partial charge is 0.241 e. The quantitative estimate of drug-likeness (QED) is 0.361. The van der Waals surface area contributed by atoms with E-state index in [0.717, 1.165) is 18.2 Å². The summed E-state index contributed by atoms with van der Waals surface area (Å²) in [6.45, 7) is 6.77. The van der Waals surface area contributed by atoms with Crippen molar-refractivity contribution in [2.45, 2.75) is 123 Å². The Labute approximate surface area is 162 Å². The highest BCUT2D eigenvalue weighted by molar-refractivity contribution is 5.17. The number of aryl methyl sites for hydroxylation is 2. The molecule has 1 aliphatic rings. The van der Waals surface area contributed by atoms with Gasteiger partial charge in [-0.3, -0.25) is 0 Å². The maximum Gasteiger partial charge on any atom is 0.131 e. The van der Waals surface area contributed by atoms with Gasteiger partial charge in [0.15, 0.2) is 0 Å². The first kappa shape index (κ1) is 21.4. The molecule has 0 amide bonds. The molecule has 0 bridgehead atoms. The maximum atomic E-state index is 4.91. The van der Waals surface area contributed by atoms with Crippen molar-refractivity contribution in [2.24, 2.45) is 5.92 Å². The Kier molecular flexibility index (Phi) is 10.2. The van der Waals surface area contributed by atoms with Crippen molar-refractivity contribution >= 4 is 0 Å². The maximum absolute atomic E-state index is 4.91. The van der Waals surface area contributed by atoms with Crippen LogP contribution in [0.1, 0.15) is 127 Å². The molecule has 1 aromatic heterocycles. The number of hydrogen-bond donors (Lipinski definition) is 0. The van der Waals surface area contributed by atoms with Crippen molar-refractivity contribution in [3.8, 4) is 0 Å². The molecule has 0 radical (unpaired) electrons. The number of unbranched alkanes of at least 4 members (excludes halogenated alkanes) is 7. The molecule has 1 fully saturated rings. The van der Waals surface area contributed by atoms with Crippen LogP contribution in [-0.2, 0) is 6.42 Å². The molecule has 1 aromatic rings. The van der Waals surface area contributed by atoms with Crippen LogP contribution in [-0.4, -0.2) is 9.97 Å². The van der Waals surface area contributed by atoms with E-state index < -0.39 is 0 Å². The van der Waals surface area contributed by atoms with Gasteiger partial charge in [-0.25, -0.2) is 9.97 Å². The first-order valence-corrected chi connectivity index (χ1v) is 11.6. The van der Waals surface area contributed by atoms with Crippen LogP contribution in [0.2, 0.25) is 0 Å². The normalized spacial score (nSPS) is 20.4. The molecule has 2 heteroatoms. The predicted molar refractivity (Wildman–Crippen MR) is 113 cm³/mol. The summed E-state index contributed by atoms with van der Waals surface area (Å²) >= 11 is 0. The summed E-state index contributed by atoms with van der Waals surface area (Å²) in [5.74, 6) is 2.70. The zero-order valence-electron chi connectivity index (χ0n) is 17.7. The van der Waals surface area contributed by atoms with Crippen LogP contribution >= 0.6 is 0 Å². The number of rotatable bonds is 12. The third kappa shape index (κ3) is 7.37. The summed E-state index contributed by atoms with van der Waals surface area (Å²) in [5, 5.41) is 0. The molecule has 2 nitrogen and oxygen atoms in total. The number of hydrogen-bond acceptors (Lipinski definition) is 2. The van der Waals surface area contributed by atoms with Gasteiger partial charge >= 0.3 is 0 Å². The Morgan fingerprint density at radius 3 is 2.19 bits per heavy atom. The van der Waals surface area contributed by atoms with Crippen LogP contribution in [0.4, 0.5) is 0 Å². The average Bonchev–Trinajstić information content (AvgIpc) is 2.66. The molecule has 0 spiro atoms. The molecule has 0 aromatic carbocycles. The Balaban J connectivity index is 1.73. The highest BCUT2D eigenvalue weighted by atomic mass is 14.9. The molecule has 1 heterocycles. The van der Waals surface area contributed by atoms with Crippen molar-refractivity contribution in [1.29, 1.82) is 0 Å². The second-order valence-electron chi connectivity index (χ2n) is 8.57. The second-order valence-corrected chi connectivity index (χ2v) is 8.57. The van der Waals surface area contributed by atoms with Crippen LogP contribution in [0, 0.1) is 12.8 Å². The van der Waals surface area contributed by atoms with Gasteiger partial charge in [0.2, 0.25) is 0 Å². The van der Waals surface area contributed by atoms with Gasteiger partial charge in [-0.05, 0) is 56.9 Å². The van der Waals surface area contributed by atoms with Gasteiger partial charge in [0, 0.05) is 17.8 Å². The standard InChI is InChI=1S/C24H42N2/c1-4-6-8-9-10-12-14-23-19-25-24(26-20(23)3)22-17-15-21(16-18-22)13-11-7-5-2/h19,21-22H,4-18H2,1-3H3. The fourth-order valence-electron chi connectivity index (χ4n) is 4.44. The molecule has 0 saturated heterocycles. The van der Waals surface area contributed by atoms with E-state index in [1.54, 1.807) is 0 Å². The smallest absolute Gasteiger partial charge is 0.131 e. The van der Waals surface area contributed by atoms with Crippen molar-refractivity contribution in [1.82, 2.24) is 9.97 Å². The third-order valence-electron chi connectivity index (χ3n) is 6.33. The van der Waals surface area contributed by atoms with Gasteiger partial charge in [0.1, 0.15) is 5.82 Å².